The summed E-state index contributed by atoms with van der Waals surface area (Å²) in [5.41, 5.74) is -0.329. The Morgan fingerprint density at radius 2 is 2.20 bits per heavy atom. The molecule has 8 heteroatoms. The van der Waals surface area contributed by atoms with Crippen LogP contribution >= 0.6 is 11.6 Å². The summed E-state index contributed by atoms with van der Waals surface area (Å²) >= 11 is 5.86. The molecule has 1 aromatic heterocycles. The van der Waals surface area contributed by atoms with Gasteiger partial charge >= 0.3 is 0 Å². The number of aliphatic hydroxyl groups is 1. The zero-order valence-corrected chi connectivity index (χ0v) is 11.7. The molecule has 0 radical (unpaired) electrons. The van der Waals surface area contributed by atoms with Gasteiger partial charge in [-0.15, -0.1) is 5.10 Å². The van der Waals surface area contributed by atoms with E-state index in [1.165, 1.54) is 22.9 Å². The maximum atomic E-state index is 11.0. The molecule has 0 fully saturated rings. The Morgan fingerprint density at radius 1 is 1.50 bits per heavy atom. The van der Waals surface area contributed by atoms with Crippen LogP contribution in [0.25, 0.3) is 0 Å². The van der Waals surface area contributed by atoms with E-state index in [1.54, 1.807) is 20.0 Å². The minimum atomic E-state index is -1.11. The molecule has 0 aliphatic carbocycles. The monoisotopic (exact) mass is 296 g/mol. The van der Waals surface area contributed by atoms with E-state index < -0.39 is 10.5 Å². The van der Waals surface area contributed by atoms with E-state index in [1.807, 2.05) is 0 Å². The zero-order valence-electron chi connectivity index (χ0n) is 10.9. The lowest BCUT2D eigenvalue weighted by Crippen LogP contribution is -2.15. The van der Waals surface area contributed by atoms with Gasteiger partial charge in [0.2, 0.25) is 0 Å². The highest BCUT2D eigenvalue weighted by atomic mass is 35.5. The average molecular weight is 297 g/mol. The standard InChI is InChI=1S/C12H13ClN4O3/c1-12(2,18)11-7-16(15-14-11)6-8-5-9(13)3-4-10(8)17(19)20/h3-5,7,18H,6H2,1-2H3. The zero-order chi connectivity index (χ0) is 14.9. The topological polar surface area (TPSA) is 94.1 Å². The van der Waals surface area contributed by atoms with Crippen LogP contribution in [0.15, 0.2) is 24.4 Å². The first kappa shape index (κ1) is 14.4. The summed E-state index contributed by atoms with van der Waals surface area (Å²) in [6, 6.07) is 4.34. The van der Waals surface area contributed by atoms with Gasteiger partial charge in [0.15, 0.2) is 0 Å². The van der Waals surface area contributed by atoms with Gasteiger partial charge in [-0.2, -0.15) is 0 Å². The SMILES string of the molecule is CC(C)(O)c1cn(Cc2cc(Cl)ccc2[N+](=O)[O-])nn1. The largest absolute Gasteiger partial charge is 0.384 e. The van der Waals surface area contributed by atoms with Crippen molar-refractivity contribution in [3.63, 3.8) is 0 Å². The van der Waals surface area contributed by atoms with Crippen molar-refractivity contribution in [3.05, 3.63) is 50.8 Å². The lowest BCUT2D eigenvalue weighted by atomic mass is 10.1. The number of aromatic nitrogens is 3. The molecule has 0 amide bonds. The van der Waals surface area contributed by atoms with Crippen molar-refractivity contribution in [1.29, 1.82) is 0 Å². The van der Waals surface area contributed by atoms with E-state index >= 15 is 0 Å². The highest BCUT2D eigenvalue weighted by molar-refractivity contribution is 6.30. The first-order chi connectivity index (χ1) is 9.27. The average Bonchev–Trinajstić information content (AvgIpc) is 2.76. The van der Waals surface area contributed by atoms with Crippen molar-refractivity contribution in [2.24, 2.45) is 0 Å². The summed E-state index contributed by atoms with van der Waals surface area (Å²) in [6.07, 6.45) is 1.55. The molecule has 2 rings (SSSR count). The normalized spacial score (nSPS) is 11.6. The second-order valence-corrected chi connectivity index (χ2v) is 5.33. The molecule has 7 nitrogen and oxygen atoms in total. The molecule has 0 saturated carbocycles. The fourth-order valence-electron chi connectivity index (χ4n) is 1.69. The van der Waals surface area contributed by atoms with Gasteiger partial charge < -0.3 is 5.11 Å². The Balaban J connectivity index is 2.32. The molecule has 1 heterocycles. The quantitative estimate of drug-likeness (QED) is 0.689. The number of halogens is 1. The van der Waals surface area contributed by atoms with Crippen molar-refractivity contribution >= 4 is 17.3 Å². The first-order valence-corrected chi connectivity index (χ1v) is 6.21. The summed E-state index contributed by atoms with van der Waals surface area (Å²) in [5, 5.41) is 28.9. The van der Waals surface area contributed by atoms with Crippen LogP contribution < -0.4 is 0 Å². The van der Waals surface area contributed by atoms with Crippen LogP contribution in [0.5, 0.6) is 0 Å². The van der Waals surface area contributed by atoms with Crippen LogP contribution in [-0.4, -0.2) is 25.0 Å². The Labute approximate surface area is 119 Å². The van der Waals surface area contributed by atoms with E-state index in [4.69, 9.17) is 11.6 Å². The minimum absolute atomic E-state index is 0.0327. The van der Waals surface area contributed by atoms with E-state index in [2.05, 4.69) is 10.3 Å². The van der Waals surface area contributed by atoms with Crippen LogP contribution in [0.1, 0.15) is 25.1 Å². The van der Waals surface area contributed by atoms with Crippen molar-refractivity contribution < 1.29 is 10.0 Å². The number of nitro benzene ring substituents is 1. The Morgan fingerprint density at radius 3 is 2.75 bits per heavy atom. The maximum Gasteiger partial charge on any atom is 0.274 e. The van der Waals surface area contributed by atoms with Gasteiger partial charge in [0.05, 0.1) is 23.2 Å². The fourth-order valence-corrected chi connectivity index (χ4v) is 1.88. The third-order valence-corrected chi connectivity index (χ3v) is 2.97. The molecular formula is C12H13ClN4O3. The van der Waals surface area contributed by atoms with E-state index in [9.17, 15) is 15.2 Å². The van der Waals surface area contributed by atoms with Gasteiger partial charge in [0.1, 0.15) is 11.3 Å². The molecule has 1 N–H and O–H groups in total. The van der Waals surface area contributed by atoms with Crippen LogP contribution in [0, 0.1) is 10.1 Å². The molecule has 0 spiro atoms. The van der Waals surface area contributed by atoms with Gasteiger partial charge in [0.25, 0.3) is 5.69 Å². The molecule has 0 bridgehead atoms. The number of nitro groups is 1. The predicted octanol–water partition coefficient (Wildman–Crippen LogP) is 2.12. The van der Waals surface area contributed by atoms with Crippen LogP contribution in [0.2, 0.25) is 5.02 Å². The summed E-state index contributed by atoms with van der Waals surface area (Å²) in [7, 11) is 0. The molecule has 20 heavy (non-hydrogen) atoms. The highest BCUT2D eigenvalue weighted by Gasteiger charge is 2.21. The van der Waals surface area contributed by atoms with Gasteiger partial charge in [-0.05, 0) is 26.0 Å². The van der Waals surface area contributed by atoms with Crippen molar-refractivity contribution in [1.82, 2.24) is 15.0 Å². The molecule has 1 aromatic carbocycles. The predicted molar refractivity (Wildman–Crippen MR) is 72.5 cm³/mol. The van der Waals surface area contributed by atoms with E-state index in [0.717, 1.165) is 0 Å². The summed E-state index contributed by atoms with van der Waals surface area (Å²) < 4.78 is 1.42. The number of benzene rings is 1. The molecular weight excluding hydrogens is 284 g/mol. The fraction of sp³-hybridized carbons (Fsp3) is 0.333. The summed E-state index contributed by atoms with van der Waals surface area (Å²) in [5.74, 6) is 0. The summed E-state index contributed by atoms with van der Waals surface area (Å²) in [6.45, 7) is 3.33. The number of hydrogen-bond donors (Lipinski definition) is 1. The van der Waals surface area contributed by atoms with Crippen LogP contribution in [0.4, 0.5) is 5.69 Å². The Kier molecular flexibility index (Phi) is 3.74. The van der Waals surface area contributed by atoms with Gasteiger partial charge in [-0.25, -0.2) is 4.68 Å². The third-order valence-electron chi connectivity index (χ3n) is 2.74. The second-order valence-electron chi connectivity index (χ2n) is 4.89. The highest BCUT2D eigenvalue weighted by Crippen LogP contribution is 2.24. The lowest BCUT2D eigenvalue weighted by molar-refractivity contribution is -0.385. The lowest BCUT2D eigenvalue weighted by Gasteiger charge is -2.11. The molecule has 2 aromatic rings. The van der Waals surface area contributed by atoms with Crippen LogP contribution in [-0.2, 0) is 12.1 Å². The number of rotatable bonds is 4. The third kappa shape index (κ3) is 3.12. The Hall–Kier alpha value is -1.99. The van der Waals surface area contributed by atoms with E-state index in [0.29, 0.717) is 16.3 Å². The van der Waals surface area contributed by atoms with Crippen molar-refractivity contribution in [2.75, 3.05) is 0 Å². The molecule has 0 unspecified atom stereocenters. The first-order valence-electron chi connectivity index (χ1n) is 5.83. The van der Waals surface area contributed by atoms with Gasteiger partial charge in [-0.1, -0.05) is 16.8 Å². The second kappa shape index (κ2) is 5.18. The van der Waals surface area contributed by atoms with E-state index in [-0.39, 0.29) is 12.2 Å². The van der Waals surface area contributed by atoms with Gasteiger partial charge in [0, 0.05) is 11.1 Å². The maximum absolute atomic E-state index is 11.0. The Bertz CT molecular complexity index is 648. The summed E-state index contributed by atoms with van der Waals surface area (Å²) in [4.78, 5) is 10.5. The molecule has 0 saturated heterocycles. The molecule has 106 valence electrons. The van der Waals surface area contributed by atoms with Gasteiger partial charge in [-0.3, -0.25) is 10.1 Å². The van der Waals surface area contributed by atoms with Crippen LogP contribution in [0.3, 0.4) is 0 Å². The number of nitrogens with zero attached hydrogens (tertiary/aromatic N) is 4. The molecule has 0 aliphatic rings. The number of hydrogen-bond acceptors (Lipinski definition) is 5. The minimum Gasteiger partial charge on any atom is -0.384 e. The smallest absolute Gasteiger partial charge is 0.274 e. The molecule has 0 aliphatic heterocycles. The van der Waals surface area contributed by atoms with Crippen molar-refractivity contribution in [3.8, 4) is 0 Å². The van der Waals surface area contributed by atoms with Crippen molar-refractivity contribution in [2.45, 2.75) is 26.0 Å². The molecule has 0 atom stereocenters.